The molecule has 0 saturated heterocycles. The molecule has 0 unspecified atom stereocenters. The SMILES string of the molecule is CNCc1cc(S(=O)(=O)NCCCCCOC)ccc1F. The highest BCUT2D eigenvalue weighted by Crippen LogP contribution is 2.15. The maximum absolute atomic E-state index is 13.5. The lowest BCUT2D eigenvalue weighted by atomic mass is 10.2. The number of rotatable bonds is 10. The van der Waals surface area contributed by atoms with Gasteiger partial charge in [0.1, 0.15) is 5.82 Å². The Morgan fingerprint density at radius 2 is 2.00 bits per heavy atom. The maximum Gasteiger partial charge on any atom is 0.240 e. The Labute approximate surface area is 125 Å². The molecular formula is C14H23FN2O3S. The molecule has 0 aliphatic carbocycles. The van der Waals surface area contributed by atoms with Gasteiger partial charge in [0.15, 0.2) is 0 Å². The number of ether oxygens (including phenoxy) is 1. The molecule has 0 spiro atoms. The second-order valence-corrected chi connectivity index (χ2v) is 6.50. The standard InChI is InChI=1S/C14H23FN2O3S/c1-16-11-12-10-13(6-7-14(12)15)21(18,19)17-8-4-3-5-9-20-2/h6-7,10,16-17H,3-5,8-9,11H2,1-2H3. The van der Waals surface area contributed by atoms with Gasteiger partial charge in [-0.05, 0) is 44.5 Å². The van der Waals surface area contributed by atoms with Crippen LogP contribution in [0.5, 0.6) is 0 Å². The first kappa shape index (κ1) is 18.0. The van der Waals surface area contributed by atoms with E-state index in [1.165, 1.54) is 18.2 Å². The first-order valence-electron chi connectivity index (χ1n) is 6.93. The molecule has 0 aliphatic heterocycles. The number of benzene rings is 1. The van der Waals surface area contributed by atoms with Crippen molar-refractivity contribution in [3.8, 4) is 0 Å². The van der Waals surface area contributed by atoms with E-state index in [1.54, 1.807) is 14.2 Å². The Kier molecular flexibility index (Phi) is 7.81. The Morgan fingerprint density at radius 3 is 2.67 bits per heavy atom. The van der Waals surface area contributed by atoms with Gasteiger partial charge in [0, 0.05) is 32.4 Å². The van der Waals surface area contributed by atoms with Gasteiger partial charge in [-0.3, -0.25) is 0 Å². The number of unbranched alkanes of at least 4 members (excludes halogenated alkanes) is 2. The molecule has 0 saturated carbocycles. The molecule has 2 N–H and O–H groups in total. The molecule has 21 heavy (non-hydrogen) atoms. The number of hydrogen-bond acceptors (Lipinski definition) is 4. The van der Waals surface area contributed by atoms with Crippen molar-refractivity contribution in [3.63, 3.8) is 0 Å². The van der Waals surface area contributed by atoms with Crippen molar-refractivity contribution in [3.05, 3.63) is 29.6 Å². The number of methoxy groups -OCH3 is 1. The first-order valence-corrected chi connectivity index (χ1v) is 8.41. The predicted octanol–water partition coefficient (Wildman–Crippen LogP) is 1.64. The van der Waals surface area contributed by atoms with Gasteiger partial charge in [-0.15, -0.1) is 0 Å². The minimum absolute atomic E-state index is 0.0889. The summed E-state index contributed by atoms with van der Waals surface area (Å²) in [7, 11) is -0.268. The van der Waals surface area contributed by atoms with Crippen molar-refractivity contribution in [1.82, 2.24) is 10.0 Å². The minimum atomic E-state index is -3.59. The van der Waals surface area contributed by atoms with Crippen LogP contribution in [-0.2, 0) is 21.3 Å². The fourth-order valence-electron chi connectivity index (χ4n) is 1.88. The lowest BCUT2D eigenvalue weighted by molar-refractivity contribution is 0.192. The third kappa shape index (κ3) is 6.09. The highest BCUT2D eigenvalue weighted by molar-refractivity contribution is 7.89. The topological polar surface area (TPSA) is 67.4 Å². The molecular weight excluding hydrogens is 295 g/mol. The van der Waals surface area contributed by atoms with Crippen molar-refractivity contribution >= 4 is 10.0 Å². The lowest BCUT2D eigenvalue weighted by Gasteiger charge is -2.09. The van der Waals surface area contributed by atoms with Crippen molar-refractivity contribution in [2.24, 2.45) is 0 Å². The van der Waals surface area contributed by atoms with E-state index in [2.05, 4.69) is 10.0 Å². The normalized spacial score (nSPS) is 11.8. The van der Waals surface area contributed by atoms with E-state index in [0.29, 0.717) is 18.7 Å². The summed E-state index contributed by atoms with van der Waals surface area (Å²) >= 11 is 0. The van der Waals surface area contributed by atoms with Gasteiger partial charge in [-0.25, -0.2) is 17.5 Å². The molecule has 0 amide bonds. The van der Waals surface area contributed by atoms with Crippen molar-refractivity contribution in [2.45, 2.75) is 30.7 Å². The quantitative estimate of drug-likeness (QED) is 0.644. The third-order valence-corrected chi connectivity index (χ3v) is 4.47. The Hall–Kier alpha value is -1.02. The smallest absolute Gasteiger partial charge is 0.240 e. The van der Waals surface area contributed by atoms with E-state index in [0.717, 1.165) is 19.3 Å². The molecule has 0 heterocycles. The average Bonchev–Trinajstić information content (AvgIpc) is 2.45. The van der Waals surface area contributed by atoms with E-state index in [1.807, 2.05) is 0 Å². The number of halogens is 1. The van der Waals surface area contributed by atoms with Crippen molar-refractivity contribution < 1.29 is 17.5 Å². The molecule has 0 aromatic heterocycles. The summed E-state index contributed by atoms with van der Waals surface area (Å²) in [4.78, 5) is 0.0889. The van der Waals surface area contributed by atoms with Crippen LogP contribution in [0.25, 0.3) is 0 Å². The van der Waals surface area contributed by atoms with Gasteiger partial charge in [-0.2, -0.15) is 0 Å². The summed E-state index contributed by atoms with van der Waals surface area (Å²) < 4.78 is 45.2. The van der Waals surface area contributed by atoms with Crippen LogP contribution in [-0.4, -0.2) is 35.7 Å². The van der Waals surface area contributed by atoms with E-state index >= 15 is 0 Å². The lowest BCUT2D eigenvalue weighted by Crippen LogP contribution is -2.25. The van der Waals surface area contributed by atoms with Crippen LogP contribution < -0.4 is 10.0 Å². The second-order valence-electron chi connectivity index (χ2n) is 4.73. The highest BCUT2D eigenvalue weighted by Gasteiger charge is 2.15. The zero-order valence-corrected chi connectivity index (χ0v) is 13.3. The van der Waals surface area contributed by atoms with E-state index in [-0.39, 0.29) is 11.4 Å². The zero-order chi connectivity index (χ0) is 15.7. The fourth-order valence-corrected chi connectivity index (χ4v) is 3.01. The summed E-state index contributed by atoms with van der Waals surface area (Å²) in [6, 6.07) is 3.82. The van der Waals surface area contributed by atoms with Gasteiger partial charge < -0.3 is 10.1 Å². The average molecular weight is 318 g/mol. The first-order chi connectivity index (χ1) is 10.0. The fraction of sp³-hybridized carbons (Fsp3) is 0.571. The van der Waals surface area contributed by atoms with Crippen molar-refractivity contribution in [1.29, 1.82) is 0 Å². The molecule has 1 aromatic rings. The monoisotopic (exact) mass is 318 g/mol. The van der Waals surface area contributed by atoms with Crippen LogP contribution in [0, 0.1) is 5.82 Å². The molecule has 1 rings (SSSR count). The summed E-state index contributed by atoms with van der Waals surface area (Å²) in [5.41, 5.74) is 0.334. The second kappa shape index (κ2) is 9.09. The van der Waals surface area contributed by atoms with Crippen LogP contribution in [0.4, 0.5) is 4.39 Å². The molecule has 7 heteroatoms. The molecule has 0 bridgehead atoms. The van der Waals surface area contributed by atoms with E-state index in [9.17, 15) is 12.8 Å². The number of sulfonamides is 1. The largest absolute Gasteiger partial charge is 0.385 e. The zero-order valence-electron chi connectivity index (χ0n) is 12.5. The van der Waals surface area contributed by atoms with Gasteiger partial charge >= 0.3 is 0 Å². The number of hydrogen-bond donors (Lipinski definition) is 2. The predicted molar refractivity (Wildman–Crippen MR) is 80.1 cm³/mol. The highest BCUT2D eigenvalue weighted by atomic mass is 32.2. The molecule has 0 atom stereocenters. The van der Waals surface area contributed by atoms with Crippen LogP contribution in [0.1, 0.15) is 24.8 Å². The van der Waals surface area contributed by atoms with E-state index < -0.39 is 15.8 Å². The summed E-state index contributed by atoms with van der Waals surface area (Å²) in [5, 5.41) is 2.81. The maximum atomic E-state index is 13.5. The minimum Gasteiger partial charge on any atom is -0.385 e. The molecule has 5 nitrogen and oxygen atoms in total. The van der Waals surface area contributed by atoms with Crippen LogP contribution in [0.15, 0.2) is 23.1 Å². The summed E-state index contributed by atoms with van der Waals surface area (Å²) in [5.74, 6) is -0.414. The Morgan fingerprint density at radius 1 is 1.24 bits per heavy atom. The van der Waals surface area contributed by atoms with Gasteiger partial charge in [0.25, 0.3) is 0 Å². The van der Waals surface area contributed by atoms with Crippen molar-refractivity contribution in [2.75, 3.05) is 27.3 Å². The van der Waals surface area contributed by atoms with Crippen LogP contribution >= 0.6 is 0 Å². The van der Waals surface area contributed by atoms with Gasteiger partial charge in [0.05, 0.1) is 4.90 Å². The molecule has 0 fully saturated rings. The number of nitrogens with one attached hydrogen (secondary N) is 2. The van der Waals surface area contributed by atoms with Gasteiger partial charge in [0.2, 0.25) is 10.0 Å². The summed E-state index contributed by atoms with van der Waals surface area (Å²) in [6.45, 7) is 1.33. The van der Waals surface area contributed by atoms with Crippen LogP contribution in [0.3, 0.4) is 0 Å². The molecule has 1 aromatic carbocycles. The Bertz CT molecular complexity index is 535. The Balaban J connectivity index is 2.59. The van der Waals surface area contributed by atoms with Crippen LogP contribution in [0.2, 0.25) is 0 Å². The van der Waals surface area contributed by atoms with Gasteiger partial charge in [-0.1, -0.05) is 0 Å². The molecule has 0 radical (unpaired) electrons. The molecule has 120 valence electrons. The molecule has 0 aliphatic rings. The third-order valence-electron chi connectivity index (χ3n) is 3.01. The van der Waals surface area contributed by atoms with E-state index in [4.69, 9.17) is 4.74 Å². The summed E-state index contributed by atoms with van der Waals surface area (Å²) in [6.07, 6.45) is 2.54.